The predicted octanol–water partition coefficient (Wildman–Crippen LogP) is 3.47. The van der Waals surface area contributed by atoms with Gasteiger partial charge in [-0.15, -0.1) is 12.4 Å². The van der Waals surface area contributed by atoms with E-state index in [0.29, 0.717) is 11.6 Å². The number of halogens is 2. The molecular weight excluding hydrogens is 319 g/mol. The largest absolute Gasteiger partial charge is 0.369 e. The number of hydrogen-bond acceptors (Lipinski definition) is 3. The van der Waals surface area contributed by atoms with Gasteiger partial charge in [0.2, 0.25) is 0 Å². The summed E-state index contributed by atoms with van der Waals surface area (Å²) in [6.45, 7) is 0. The van der Waals surface area contributed by atoms with Crippen LogP contribution in [0.1, 0.15) is 10.4 Å². The molecule has 0 spiro atoms. The highest BCUT2D eigenvalue weighted by molar-refractivity contribution is 6.04. The third-order valence-electron chi connectivity index (χ3n) is 3.17. The standard InChI is InChI=1S/C16H13FN4O.ClH/c17-13-4-2-1-3-12(13)15(22)20-11-7-5-10(6-8-11)14-9-19-16(18)21-14;/h1-9H,(H,20,22)(H3,18,19,21);1H. The van der Waals surface area contributed by atoms with Crippen LogP contribution in [0.5, 0.6) is 0 Å². The molecule has 1 amide bonds. The molecule has 0 fully saturated rings. The van der Waals surface area contributed by atoms with Gasteiger partial charge in [0.25, 0.3) is 5.91 Å². The van der Waals surface area contributed by atoms with Gasteiger partial charge < -0.3 is 16.0 Å². The van der Waals surface area contributed by atoms with Crippen LogP contribution in [0.25, 0.3) is 11.3 Å². The highest BCUT2D eigenvalue weighted by Gasteiger charge is 2.11. The fourth-order valence-electron chi connectivity index (χ4n) is 2.06. The van der Waals surface area contributed by atoms with E-state index >= 15 is 0 Å². The number of nitrogen functional groups attached to an aromatic ring is 1. The normalized spacial score (nSPS) is 9.96. The van der Waals surface area contributed by atoms with Crippen molar-refractivity contribution in [1.29, 1.82) is 0 Å². The maximum atomic E-state index is 13.5. The quantitative estimate of drug-likeness (QED) is 0.686. The molecule has 0 unspecified atom stereocenters. The molecule has 0 aliphatic rings. The van der Waals surface area contributed by atoms with Gasteiger partial charge in [0, 0.05) is 5.69 Å². The van der Waals surface area contributed by atoms with Crippen LogP contribution in [0.4, 0.5) is 16.0 Å². The molecule has 3 rings (SSSR count). The molecule has 0 bridgehead atoms. The van der Waals surface area contributed by atoms with E-state index < -0.39 is 11.7 Å². The smallest absolute Gasteiger partial charge is 0.258 e. The summed E-state index contributed by atoms with van der Waals surface area (Å²) in [5.41, 5.74) is 7.78. The Bertz CT molecular complexity index is 817. The lowest BCUT2D eigenvalue weighted by Gasteiger charge is -2.06. The topological polar surface area (TPSA) is 83.8 Å². The van der Waals surface area contributed by atoms with Crippen LogP contribution in [0, 0.1) is 5.82 Å². The highest BCUT2D eigenvalue weighted by Crippen LogP contribution is 2.20. The maximum absolute atomic E-state index is 13.5. The fraction of sp³-hybridized carbons (Fsp3) is 0. The Morgan fingerprint density at radius 3 is 2.43 bits per heavy atom. The average Bonchev–Trinajstić information content (AvgIpc) is 2.95. The van der Waals surface area contributed by atoms with E-state index in [-0.39, 0.29) is 18.0 Å². The minimum absolute atomic E-state index is 0. The summed E-state index contributed by atoms with van der Waals surface area (Å²) < 4.78 is 13.5. The van der Waals surface area contributed by atoms with E-state index in [0.717, 1.165) is 11.3 Å². The summed E-state index contributed by atoms with van der Waals surface area (Å²) in [5.74, 6) is -0.701. The van der Waals surface area contributed by atoms with Crippen LogP contribution in [-0.4, -0.2) is 15.9 Å². The molecule has 0 radical (unpaired) electrons. The van der Waals surface area contributed by atoms with Crippen molar-refractivity contribution in [1.82, 2.24) is 9.97 Å². The first-order valence-electron chi connectivity index (χ1n) is 6.60. The van der Waals surface area contributed by atoms with Crippen molar-refractivity contribution >= 4 is 29.9 Å². The number of nitrogens with two attached hydrogens (primary N) is 1. The number of anilines is 2. The first kappa shape index (κ1) is 16.5. The van der Waals surface area contributed by atoms with E-state index in [1.165, 1.54) is 18.2 Å². The van der Waals surface area contributed by atoms with Crippen molar-refractivity contribution in [2.45, 2.75) is 0 Å². The summed E-state index contributed by atoms with van der Waals surface area (Å²) in [4.78, 5) is 18.8. The number of benzene rings is 2. The van der Waals surface area contributed by atoms with E-state index in [9.17, 15) is 9.18 Å². The number of imidazole rings is 1. The Morgan fingerprint density at radius 1 is 1.13 bits per heavy atom. The third kappa shape index (κ3) is 3.67. The summed E-state index contributed by atoms with van der Waals surface area (Å²) in [6.07, 6.45) is 1.63. The molecule has 0 aliphatic carbocycles. The van der Waals surface area contributed by atoms with Crippen molar-refractivity contribution in [2.75, 3.05) is 11.1 Å². The molecule has 3 aromatic rings. The number of nitrogens with one attached hydrogen (secondary N) is 2. The van der Waals surface area contributed by atoms with E-state index in [1.807, 2.05) is 12.1 Å². The molecule has 5 nitrogen and oxygen atoms in total. The number of aromatic nitrogens is 2. The molecule has 1 aromatic heterocycles. The molecular formula is C16H14ClFN4O. The molecule has 1 heterocycles. The third-order valence-corrected chi connectivity index (χ3v) is 3.17. The van der Waals surface area contributed by atoms with Gasteiger partial charge in [-0.3, -0.25) is 4.79 Å². The minimum Gasteiger partial charge on any atom is -0.369 e. The summed E-state index contributed by atoms with van der Waals surface area (Å²) in [7, 11) is 0. The number of nitrogens with zero attached hydrogens (tertiary/aromatic N) is 1. The summed E-state index contributed by atoms with van der Waals surface area (Å²) in [5, 5.41) is 2.65. The monoisotopic (exact) mass is 332 g/mol. The maximum Gasteiger partial charge on any atom is 0.258 e. The first-order chi connectivity index (χ1) is 10.6. The lowest BCUT2D eigenvalue weighted by atomic mass is 10.1. The average molecular weight is 333 g/mol. The van der Waals surface area contributed by atoms with Gasteiger partial charge in [-0.25, -0.2) is 9.37 Å². The lowest BCUT2D eigenvalue weighted by Crippen LogP contribution is -2.13. The fourth-order valence-corrected chi connectivity index (χ4v) is 2.06. The zero-order valence-electron chi connectivity index (χ0n) is 11.9. The van der Waals surface area contributed by atoms with Crippen LogP contribution in [-0.2, 0) is 0 Å². The number of amides is 1. The Morgan fingerprint density at radius 2 is 1.83 bits per heavy atom. The Hall–Kier alpha value is -2.86. The Kier molecular flexibility index (Phi) is 4.98. The van der Waals surface area contributed by atoms with Crippen LogP contribution in [0.15, 0.2) is 54.7 Å². The molecule has 0 atom stereocenters. The number of carbonyl (C=O) groups is 1. The lowest BCUT2D eigenvalue weighted by molar-refractivity contribution is 0.102. The molecule has 0 saturated carbocycles. The number of aromatic amines is 1. The van der Waals surface area contributed by atoms with Crippen molar-refractivity contribution in [3.8, 4) is 11.3 Å². The van der Waals surface area contributed by atoms with Gasteiger partial charge in [-0.1, -0.05) is 24.3 Å². The summed E-state index contributed by atoms with van der Waals surface area (Å²) >= 11 is 0. The predicted molar refractivity (Wildman–Crippen MR) is 90.0 cm³/mol. The second-order valence-electron chi connectivity index (χ2n) is 4.69. The van der Waals surface area contributed by atoms with Crippen LogP contribution >= 0.6 is 12.4 Å². The second-order valence-corrected chi connectivity index (χ2v) is 4.69. The summed E-state index contributed by atoms with van der Waals surface area (Å²) in [6, 6.07) is 12.9. The van der Waals surface area contributed by atoms with Crippen molar-refractivity contribution in [3.63, 3.8) is 0 Å². The van der Waals surface area contributed by atoms with Gasteiger partial charge >= 0.3 is 0 Å². The van der Waals surface area contributed by atoms with Crippen molar-refractivity contribution < 1.29 is 9.18 Å². The van der Waals surface area contributed by atoms with Gasteiger partial charge in [0.1, 0.15) is 5.82 Å². The molecule has 23 heavy (non-hydrogen) atoms. The zero-order valence-corrected chi connectivity index (χ0v) is 12.7. The van der Waals surface area contributed by atoms with Gasteiger partial charge in [0.15, 0.2) is 5.95 Å². The van der Waals surface area contributed by atoms with Gasteiger partial charge in [0.05, 0.1) is 17.5 Å². The van der Waals surface area contributed by atoms with E-state index in [2.05, 4.69) is 15.3 Å². The Balaban J connectivity index is 0.00000192. The van der Waals surface area contributed by atoms with Crippen LogP contribution < -0.4 is 11.1 Å². The number of hydrogen-bond donors (Lipinski definition) is 3. The van der Waals surface area contributed by atoms with Crippen molar-refractivity contribution in [3.05, 3.63) is 66.1 Å². The molecule has 4 N–H and O–H groups in total. The number of carbonyl (C=O) groups excluding carboxylic acids is 1. The molecule has 2 aromatic carbocycles. The molecule has 0 saturated heterocycles. The number of H-pyrrole nitrogens is 1. The van der Waals surface area contributed by atoms with Crippen LogP contribution in [0.2, 0.25) is 0 Å². The first-order valence-corrected chi connectivity index (χ1v) is 6.60. The molecule has 118 valence electrons. The minimum atomic E-state index is -0.551. The van der Waals surface area contributed by atoms with E-state index in [4.69, 9.17) is 5.73 Å². The number of rotatable bonds is 3. The second kappa shape index (κ2) is 6.93. The molecule has 0 aliphatic heterocycles. The van der Waals surface area contributed by atoms with Gasteiger partial charge in [-0.05, 0) is 29.8 Å². The zero-order chi connectivity index (χ0) is 15.5. The SMILES string of the molecule is Cl.Nc1ncc(-c2ccc(NC(=O)c3ccccc3F)cc2)[nH]1. The van der Waals surface area contributed by atoms with Gasteiger partial charge in [-0.2, -0.15) is 0 Å². The molecule has 7 heteroatoms. The van der Waals surface area contributed by atoms with Crippen LogP contribution in [0.3, 0.4) is 0 Å². The van der Waals surface area contributed by atoms with Crippen molar-refractivity contribution in [2.24, 2.45) is 0 Å². The Labute approximate surface area is 138 Å². The highest BCUT2D eigenvalue weighted by atomic mass is 35.5. The van der Waals surface area contributed by atoms with E-state index in [1.54, 1.807) is 24.4 Å².